The van der Waals surface area contributed by atoms with Crippen molar-refractivity contribution in [2.24, 2.45) is 0 Å². The van der Waals surface area contributed by atoms with Crippen LogP contribution < -0.4 is 0 Å². The maximum Gasteiger partial charge on any atom is 0.131 e. The van der Waals surface area contributed by atoms with Crippen molar-refractivity contribution >= 4 is 32.1 Å². The molecular formula is C31H23F3S2. The van der Waals surface area contributed by atoms with E-state index in [1.165, 1.54) is 6.07 Å². The Morgan fingerprint density at radius 2 is 1.47 bits per heavy atom. The van der Waals surface area contributed by atoms with Gasteiger partial charge < -0.3 is 0 Å². The van der Waals surface area contributed by atoms with Crippen LogP contribution in [0.4, 0.5) is 13.2 Å². The molecule has 0 saturated heterocycles. The van der Waals surface area contributed by atoms with Crippen LogP contribution in [0.2, 0.25) is 0 Å². The van der Waals surface area contributed by atoms with Gasteiger partial charge in [0.1, 0.15) is 17.5 Å². The number of halogens is 3. The summed E-state index contributed by atoms with van der Waals surface area (Å²) in [6.07, 6.45) is 2.32. The van der Waals surface area contributed by atoms with Gasteiger partial charge in [0, 0.05) is 37.0 Å². The highest BCUT2D eigenvalue weighted by atomic mass is 32.1. The molecule has 0 aliphatic heterocycles. The van der Waals surface area contributed by atoms with E-state index in [4.69, 9.17) is 0 Å². The molecule has 5 rings (SSSR count). The number of hydrogen-bond acceptors (Lipinski definition) is 2. The van der Waals surface area contributed by atoms with Crippen LogP contribution in [0.3, 0.4) is 0 Å². The molecule has 2 heterocycles. The third-order valence-corrected chi connectivity index (χ3v) is 8.35. The molecule has 0 aliphatic carbocycles. The molecule has 0 amide bonds. The summed E-state index contributed by atoms with van der Waals surface area (Å²) in [5, 5.41) is 0. The number of hydrogen-bond donors (Lipinski definition) is 0. The van der Waals surface area contributed by atoms with Gasteiger partial charge in [-0.2, -0.15) is 0 Å². The number of thiophene rings is 2. The van der Waals surface area contributed by atoms with Gasteiger partial charge in [0.2, 0.25) is 0 Å². The van der Waals surface area contributed by atoms with Gasteiger partial charge in [0.05, 0.1) is 4.88 Å². The minimum atomic E-state index is -0.618. The maximum atomic E-state index is 14.6. The maximum absolute atomic E-state index is 14.6. The molecule has 180 valence electrons. The Morgan fingerprint density at radius 1 is 0.722 bits per heavy atom. The van der Waals surface area contributed by atoms with Crippen molar-refractivity contribution < 1.29 is 13.2 Å². The highest BCUT2D eigenvalue weighted by Gasteiger charge is 2.11. The molecule has 0 aliphatic rings. The summed E-state index contributed by atoms with van der Waals surface area (Å²) in [6.45, 7) is 3.92. The molecule has 2 aromatic heterocycles. The van der Waals surface area contributed by atoms with E-state index in [0.29, 0.717) is 23.1 Å². The second-order valence-electron chi connectivity index (χ2n) is 8.61. The molecule has 3 aromatic carbocycles. The first-order chi connectivity index (χ1) is 17.4. The van der Waals surface area contributed by atoms with Crippen molar-refractivity contribution in [3.8, 4) is 33.4 Å². The zero-order valence-electron chi connectivity index (χ0n) is 19.9. The lowest BCUT2D eigenvalue weighted by Crippen LogP contribution is -1.95. The van der Waals surface area contributed by atoms with E-state index in [1.807, 2.05) is 49.4 Å². The van der Waals surface area contributed by atoms with Gasteiger partial charge in [-0.3, -0.25) is 0 Å². The van der Waals surface area contributed by atoms with Crippen LogP contribution >= 0.6 is 22.7 Å². The van der Waals surface area contributed by atoms with Crippen LogP contribution in [-0.2, 0) is 12.8 Å². The summed E-state index contributed by atoms with van der Waals surface area (Å²) in [4.78, 5) is 1.98. The first-order valence-corrected chi connectivity index (χ1v) is 13.5. The van der Waals surface area contributed by atoms with Crippen LogP contribution in [0.15, 0.2) is 66.7 Å². The Balaban J connectivity index is 1.37. The fraction of sp³-hybridized carbons (Fsp3) is 0.161. The average Bonchev–Trinajstić information content (AvgIpc) is 3.42. The standard InChI is InChI=1S/C31H23F3S2/c1-3-5-19-6-13-26(27(33)14-19)20-7-9-21(10-8-20)29-18-31-30(36-29)17-24(35-31)12-11-22-15-23(32)16-28(34)25(22)4-2/h6-10,13-18H,3-5H2,1-2H3. The van der Waals surface area contributed by atoms with E-state index in [2.05, 4.69) is 24.8 Å². The van der Waals surface area contributed by atoms with Crippen molar-refractivity contribution in [1.82, 2.24) is 0 Å². The highest BCUT2D eigenvalue weighted by molar-refractivity contribution is 7.29. The van der Waals surface area contributed by atoms with Crippen molar-refractivity contribution in [1.29, 1.82) is 0 Å². The molecule has 0 fully saturated rings. The summed E-state index contributed by atoms with van der Waals surface area (Å²) in [6, 6.07) is 19.8. The molecule has 36 heavy (non-hydrogen) atoms. The molecule has 0 unspecified atom stereocenters. The molecule has 0 N–H and O–H groups in total. The van der Waals surface area contributed by atoms with Gasteiger partial charge in [-0.05, 0) is 53.8 Å². The monoisotopic (exact) mass is 516 g/mol. The van der Waals surface area contributed by atoms with Crippen LogP contribution in [0.5, 0.6) is 0 Å². The summed E-state index contributed by atoms with van der Waals surface area (Å²) >= 11 is 3.23. The summed E-state index contributed by atoms with van der Waals surface area (Å²) < 4.78 is 44.5. The van der Waals surface area contributed by atoms with Crippen molar-refractivity contribution in [3.05, 3.63) is 106 Å². The minimum absolute atomic E-state index is 0.189. The molecule has 5 heteroatoms. The lowest BCUT2D eigenvalue weighted by molar-refractivity contribution is 0.572. The first-order valence-electron chi connectivity index (χ1n) is 11.9. The van der Waals surface area contributed by atoms with E-state index < -0.39 is 11.6 Å². The Morgan fingerprint density at radius 3 is 2.17 bits per heavy atom. The number of benzene rings is 3. The van der Waals surface area contributed by atoms with Gasteiger partial charge in [0.15, 0.2) is 0 Å². The molecule has 5 aromatic rings. The SMILES string of the molecule is CCCc1ccc(-c2ccc(-c3cc4sc(C#Cc5cc(F)cc(F)c5CC)cc4s3)cc2)c(F)c1. The quantitative estimate of drug-likeness (QED) is 0.204. The van der Waals surface area contributed by atoms with E-state index in [9.17, 15) is 13.2 Å². The van der Waals surface area contributed by atoms with Gasteiger partial charge in [0.25, 0.3) is 0 Å². The van der Waals surface area contributed by atoms with E-state index in [-0.39, 0.29) is 5.82 Å². The third kappa shape index (κ3) is 4.97. The topological polar surface area (TPSA) is 0 Å². The normalized spacial score (nSPS) is 11.0. The van der Waals surface area contributed by atoms with Crippen LogP contribution in [-0.4, -0.2) is 0 Å². The Bertz CT molecular complexity index is 1580. The zero-order chi connectivity index (χ0) is 25.2. The largest absolute Gasteiger partial charge is 0.207 e. The van der Waals surface area contributed by atoms with Crippen LogP contribution in [0.25, 0.3) is 31.0 Å². The second-order valence-corrected chi connectivity index (χ2v) is 10.8. The molecule has 0 atom stereocenters. The predicted molar refractivity (Wildman–Crippen MR) is 146 cm³/mol. The fourth-order valence-electron chi connectivity index (χ4n) is 4.29. The predicted octanol–water partition coefficient (Wildman–Crippen LogP) is 9.63. The van der Waals surface area contributed by atoms with E-state index >= 15 is 0 Å². The fourth-order valence-corrected chi connectivity index (χ4v) is 6.55. The van der Waals surface area contributed by atoms with Gasteiger partial charge >= 0.3 is 0 Å². The zero-order valence-corrected chi connectivity index (χ0v) is 21.6. The number of rotatable bonds is 5. The Kier molecular flexibility index (Phi) is 7.00. The highest BCUT2D eigenvalue weighted by Crippen LogP contribution is 2.39. The summed E-state index contributed by atoms with van der Waals surface area (Å²) in [7, 11) is 0. The van der Waals surface area contributed by atoms with Gasteiger partial charge in [-0.15, -0.1) is 22.7 Å². The molecule has 0 saturated carbocycles. The summed E-state index contributed by atoms with van der Waals surface area (Å²) in [5.41, 5.74) is 4.39. The molecule has 0 bridgehead atoms. The first kappa shape index (κ1) is 24.4. The van der Waals surface area contributed by atoms with Crippen LogP contribution in [0.1, 0.15) is 41.8 Å². The Hall–Kier alpha value is -3.33. The van der Waals surface area contributed by atoms with Crippen molar-refractivity contribution in [2.75, 3.05) is 0 Å². The average molecular weight is 517 g/mol. The third-order valence-electron chi connectivity index (χ3n) is 6.09. The van der Waals surface area contributed by atoms with Crippen molar-refractivity contribution in [3.63, 3.8) is 0 Å². The van der Waals surface area contributed by atoms with E-state index in [1.54, 1.807) is 28.7 Å². The molecule has 0 spiro atoms. The molecular weight excluding hydrogens is 493 g/mol. The lowest BCUT2D eigenvalue weighted by Gasteiger charge is -2.07. The lowest BCUT2D eigenvalue weighted by atomic mass is 10.00. The smallest absolute Gasteiger partial charge is 0.131 e. The van der Waals surface area contributed by atoms with Crippen LogP contribution in [0, 0.1) is 29.3 Å². The molecule has 0 nitrogen and oxygen atoms in total. The Labute approximate surface area is 217 Å². The van der Waals surface area contributed by atoms with Gasteiger partial charge in [-0.25, -0.2) is 13.2 Å². The number of aryl methyl sites for hydroxylation is 1. The number of fused-ring (bicyclic) bond motifs is 1. The minimum Gasteiger partial charge on any atom is -0.207 e. The second kappa shape index (κ2) is 10.3. The van der Waals surface area contributed by atoms with E-state index in [0.717, 1.165) is 54.8 Å². The van der Waals surface area contributed by atoms with Crippen molar-refractivity contribution in [2.45, 2.75) is 33.1 Å². The van der Waals surface area contributed by atoms with Gasteiger partial charge in [-0.1, -0.05) is 68.5 Å². The molecule has 0 radical (unpaired) electrons. The summed E-state index contributed by atoms with van der Waals surface area (Å²) in [5.74, 6) is 4.66.